The number of carbonyl (C=O) groups excluding carboxylic acids is 1. The van der Waals surface area contributed by atoms with Gasteiger partial charge in [0.1, 0.15) is 5.82 Å². The topological polar surface area (TPSA) is 66.5 Å². The van der Waals surface area contributed by atoms with E-state index in [0.29, 0.717) is 11.3 Å². The Morgan fingerprint density at radius 1 is 1.10 bits per heavy atom. The second-order valence-corrected chi connectivity index (χ2v) is 10.2. The van der Waals surface area contributed by atoms with Gasteiger partial charge in [0.25, 0.3) is 0 Å². The average Bonchev–Trinajstić information content (AvgIpc) is 2.74. The number of rotatable bonds is 7. The van der Waals surface area contributed by atoms with Crippen molar-refractivity contribution in [3.63, 3.8) is 0 Å². The van der Waals surface area contributed by atoms with Gasteiger partial charge in [-0.15, -0.1) is 0 Å². The Bertz CT molecular complexity index is 951. The summed E-state index contributed by atoms with van der Waals surface area (Å²) in [6.45, 7) is 5.22. The molecule has 1 aliphatic rings. The van der Waals surface area contributed by atoms with Crippen LogP contribution in [0.25, 0.3) is 0 Å². The van der Waals surface area contributed by atoms with E-state index >= 15 is 0 Å². The number of hydrogen-bond donors (Lipinski definition) is 1. The van der Waals surface area contributed by atoms with Crippen LogP contribution in [0.15, 0.2) is 53.4 Å². The first-order valence-electron chi connectivity index (χ1n) is 10.4. The van der Waals surface area contributed by atoms with E-state index < -0.39 is 9.84 Å². The van der Waals surface area contributed by atoms with Gasteiger partial charge in [-0.1, -0.05) is 26.0 Å². The Labute approximate surface area is 178 Å². The molecule has 1 amide bonds. The van der Waals surface area contributed by atoms with Crippen molar-refractivity contribution in [2.45, 2.75) is 50.0 Å². The van der Waals surface area contributed by atoms with Crippen LogP contribution in [0.3, 0.4) is 0 Å². The van der Waals surface area contributed by atoms with Gasteiger partial charge in [-0.25, -0.2) is 12.8 Å². The number of anilines is 1. The van der Waals surface area contributed by atoms with Gasteiger partial charge in [0.2, 0.25) is 5.91 Å². The summed E-state index contributed by atoms with van der Waals surface area (Å²) >= 11 is 0. The molecule has 0 aliphatic carbocycles. The maximum absolute atomic E-state index is 13.1. The number of sulfone groups is 1. The minimum Gasteiger partial charge on any atom is -0.371 e. The molecule has 0 radical (unpaired) electrons. The molecule has 2 aromatic rings. The minimum atomic E-state index is -3.18. The SMILES string of the molecule is CCS(=O)(=O)c1ccc(N2CCC(NC(=O)CC(C)c3ccc(F)cc3)CC2)cc1. The third kappa shape index (κ3) is 5.59. The smallest absolute Gasteiger partial charge is 0.220 e. The highest BCUT2D eigenvalue weighted by Crippen LogP contribution is 2.23. The van der Waals surface area contributed by atoms with Crippen LogP contribution in [-0.4, -0.2) is 39.2 Å². The first-order valence-corrected chi connectivity index (χ1v) is 12.1. The van der Waals surface area contributed by atoms with Crippen molar-refractivity contribution >= 4 is 21.4 Å². The van der Waals surface area contributed by atoms with Crippen LogP contribution in [0.2, 0.25) is 0 Å². The third-order valence-corrected chi connectivity index (χ3v) is 7.48. The van der Waals surface area contributed by atoms with E-state index in [2.05, 4.69) is 10.2 Å². The summed E-state index contributed by atoms with van der Waals surface area (Å²) in [5, 5.41) is 3.12. The summed E-state index contributed by atoms with van der Waals surface area (Å²) in [5.41, 5.74) is 1.95. The van der Waals surface area contributed by atoms with Gasteiger partial charge in [-0.2, -0.15) is 0 Å². The molecule has 1 fully saturated rings. The summed E-state index contributed by atoms with van der Waals surface area (Å²) in [7, 11) is -3.18. The molecule has 2 aromatic carbocycles. The number of amides is 1. The normalized spacial score (nSPS) is 16.3. The Balaban J connectivity index is 1.48. The molecule has 0 saturated carbocycles. The van der Waals surface area contributed by atoms with Crippen molar-refractivity contribution in [3.05, 3.63) is 59.9 Å². The molecule has 1 saturated heterocycles. The maximum atomic E-state index is 13.1. The Morgan fingerprint density at radius 3 is 2.27 bits per heavy atom. The zero-order chi connectivity index (χ0) is 21.7. The fourth-order valence-corrected chi connectivity index (χ4v) is 4.67. The molecular weight excluding hydrogens is 403 g/mol. The lowest BCUT2D eigenvalue weighted by Gasteiger charge is -2.34. The molecule has 7 heteroatoms. The molecule has 0 bridgehead atoms. The lowest BCUT2D eigenvalue weighted by atomic mass is 9.96. The number of nitrogens with zero attached hydrogens (tertiary/aromatic N) is 1. The van der Waals surface area contributed by atoms with Crippen LogP contribution in [-0.2, 0) is 14.6 Å². The van der Waals surface area contributed by atoms with Crippen LogP contribution >= 0.6 is 0 Å². The van der Waals surface area contributed by atoms with E-state index in [1.807, 2.05) is 19.1 Å². The van der Waals surface area contributed by atoms with Gasteiger partial charge >= 0.3 is 0 Å². The summed E-state index contributed by atoms with van der Waals surface area (Å²) in [5.74, 6) is -0.135. The van der Waals surface area contributed by atoms with E-state index in [1.54, 1.807) is 31.2 Å². The van der Waals surface area contributed by atoms with E-state index in [-0.39, 0.29) is 29.4 Å². The molecule has 0 spiro atoms. The Hall–Kier alpha value is -2.41. The van der Waals surface area contributed by atoms with Crippen molar-refractivity contribution in [2.75, 3.05) is 23.7 Å². The number of hydrogen-bond acceptors (Lipinski definition) is 4. The van der Waals surface area contributed by atoms with Gasteiger partial charge < -0.3 is 10.2 Å². The maximum Gasteiger partial charge on any atom is 0.220 e. The molecular formula is C23H29FN2O3S. The minimum absolute atomic E-state index is 0.0133. The lowest BCUT2D eigenvalue weighted by molar-refractivity contribution is -0.122. The summed E-state index contributed by atoms with van der Waals surface area (Å²) < 4.78 is 36.9. The zero-order valence-electron chi connectivity index (χ0n) is 17.5. The molecule has 1 heterocycles. The third-order valence-electron chi connectivity index (χ3n) is 5.73. The van der Waals surface area contributed by atoms with E-state index in [4.69, 9.17) is 0 Å². The van der Waals surface area contributed by atoms with Crippen LogP contribution in [0.5, 0.6) is 0 Å². The van der Waals surface area contributed by atoms with Crippen molar-refractivity contribution in [2.24, 2.45) is 0 Å². The quantitative estimate of drug-likeness (QED) is 0.721. The fraction of sp³-hybridized carbons (Fsp3) is 0.435. The highest BCUT2D eigenvalue weighted by molar-refractivity contribution is 7.91. The highest BCUT2D eigenvalue weighted by atomic mass is 32.2. The van der Waals surface area contributed by atoms with Gasteiger partial charge in [0.15, 0.2) is 9.84 Å². The predicted molar refractivity (Wildman–Crippen MR) is 117 cm³/mol. The molecule has 162 valence electrons. The van der Waals surface area contributed by atoms with Crippen molar-refractivity contribution in [1.29, 1.82) is 0 Å². The summed E-state index contributed by atoms with van der Waals surface area (Å²) in [6, 6.07) is 13.5. The monoisotopic (exact) mass is 432 g/mol. The number of piperidine rings is 1. The fourth-order valence-electron chi connectivity index (χ4n) is 3.79. The van der Waals surface area contributed by atoms with E-state index in [9.17, 15) is 17.6 Å². The number of benzene rings is 2. The van der Waals surface area contributed by atoms with E-state index in [1.165, 1.54) is 12.1 Å². The van der Waals surface area contributed by atoms with Crippen LogP contribution in [0.1, 0.15) is 44.6 Å². The number of nitrogens with one attached hydrogen (secondary N) is 1. The highest BCUT2D eigenvalue weighted by Gasteiger charge is 2.22. The first kappa shape index (κ1) is 22.3. The molecule has 0 aromatic heterocycles. The van der Waals surface area contributed by atoms with Crippen molar-refractivity contribution in [1.82, 2.24) is 5.32 Å². The Kier molecular flexibility index (Phi) is 7.13. The zero-order valence-corrected chi connectivity index (χ0v) is 18.3. The molecule has 1 atom stereocenters. The standard InChI is InChI=1S/C23H29FN2O3S/c1-3-30(28,29)22-10-8-21(9-11-22)26-14-12-20(13-15-26)25-23(27)16-17(2)18-4-6-19(24)7-5-18/h4-11,17,20H,3,12-16H2,1-2H3,(H,25,27). The van der Waals surface area contributed by atoms with Gasteiger partial charge in [0, 0.05) is 31.2 Å². The van der Waals surface area contributed by atoms with Crippen molar-refractivity contribution in [3.8, 4) is 0 Å². The van der Waals surface area contributed by atoms with Crippen molar-refractivity contribution < 1.29 is 17.6 Å². The van der Waals surface area contributed by atoms with Gasteiger partial charge in [-0.3, -0.25) is 4.79 Å². The lowest BCUT2D eigenvalue weighted by Crippen LogP contribution is -2.44. The van der Waals surface area contributed by atoms with Gasteiger partial charge in [0.05, 0.1) is 10.6 Å². The second-order valence-electron chi connectivity index (χ2n) is 7.88. The number of halogens is 1. The van der Waals surface area contributed by atoms with E-state index in [0.717, 1.165) is 37.2 Å². The predicted octanol–water partition coefficient (Wildman–Crippen LogP) is 3.90. The summed E-state index contributed by atoms with van der Waals surface area (Å²) in [6.07, 6.45) is 2.05. The molecule has 3 rings (SSSR count). The first-order chi connectivity index (χ1) is 14.3. The molecule has 5 nitrogen and oxygen atoms in total. The average molecular weight is 433 g/mol. The van der Waals surface area contributed by atoms with Crippen LogP contribution in [0, 0.1) is 5.82 Å². The van der Waals surface area contributed by atoms with Crippen LogP contribution < -0.4 is 10.2 Å². The molecule has 1 unspecified atom stereocenters. The largest absolute Gasteiger partial charge is 0.371 e. The Morgan fingerprint density at radius 2 is 1.70 bits per heavy atom. The second kappa shape index (κ2) is 9.60. The van der Waals surface area contributed by atoms with Gasteiger partial charge in [-0.05, 0) is 60.7 Å². The van der Waals surface area contributed by atoms with Crippen LogP contribution in [0.4, 0.5) is 10.1 Å². The summed E-state index contributed by atoms with van der Waals surface area (Å²) in [4.78, 5) is 15.0. The molecule has 1 N–H and O–H groups in total. The molecule has 30 heavy (non-hydrogen) atoms. The molecule has 1 aliphatic heterocycles. The number of carbonyl (C=O) groups is 1.